The second-order valence-corrected chi connectivity index (χ2v) is 6.11. The second kappa shape index (κ2) is 6.03. The fourth-order valence-electron chi connectivity index (χ4n) is 2.40. The molecule has 0 radical (unpaired) electrons. The first kappa shape index (κ1) is 14.5. The second-order valence-electron chi connectivity index (χ2n) is 5.19. The van der Waals surface area contributed by atoms with Gasteiger partial charge in [-0.2, -0.15) is 0 Å². The zero-order valence-electron chi connectivity index (χ0n) is 11.6. The molecule has 1 fully saturated rings. The van der Waals surface area contributed by atoms with Crippen LogP contribution < -0.4 is 10.2 Å². The lowest BCUT2D eigenvalue weighted by Gasteiger charge is -2.35. The van der Waals surface area contributed by atoms with Gasteiger partial charge in [0.25, 0.3) is 0 Å². The van der Waals surface area contributed by atoms with Crippen LogP contribution >= 0.6 is 15.9 Å². The molecular weight excluding hydrogens is 306 g/mol. The van der Waals surface area contributed by atoms with Gasteiger partial charge < -0.3 is 15.1 Å². The molecule has 1 atom stereocenters. The Bertz CT molecular complexity index is 476. The summed E-state index contributed by atoms with van der Waals surface area (Å²) >= 11 is 3.46. The number of benzene rings is 1. The third-order valence-corrected chi connectivity index (χ3v) is 3.78. The highest BCUT2D eigenvalue weighted by molar-refractivity contribution is 9.10. The highest BCUT2D eigenvalue weighted by Crippen LogP contribution is 2.25. The first-order valence-electron chi connectivity index (χ1n) is 6.44. The Balaban J connectivity index is 2.21. The molecule has 1 heterocycles. The summed E-state index contributed by atoms with van der Waals surface area (Å²) in [6.07, 6.45) is 0. The van der Waals surface area contributed by atoms with Gasteiger partial charge in [0.15, 0.2) is 0 Å². The number of piperazine rings is 1. The third-order valence-electron chi connectivity index (χ3n) is 3.29. The number of carbonyl (C=O) groups is 1. The highest BCUT2D eigenvalue weighted by atomic mass is 79.9. The van der Waals surface area contributed by atoms with E-state index in [0.717, 1.165) is 35.4 Å². The van der Waals surface area contributed by atoms with E-state index in [1.807, 2.05) is 49.0 Å². The molecular formula is C14H20BrN3O. The summed E-state index contributed by atoms with van der Waals surface area (Å²) in [7, 11) is 3.97. The average molecular weight is 326 g/mol. The Morgan fingerprint density at radius 1 is 1.47 bits per heavy atom. The number of likely N-dealkylation sites (N-methyl/N-ethyl adjacent to an activating group) is 1. The van der Waals surface area contributed by atoms with E-state index < -0.39 is 0 Å². The molecule has 5 heteroatoms. The Hall–Kier alpha value is -0.910. The van der Waals surface area contributed by atoms with Gasteiger partial charge in [0.1, 0.15) is 6.04 Å². The average Bonchev–Trinajstić information content (AvgIpc) is 2.32. The van der Waals surface area contributed by atoms with Crippen LogP contribution in [0.2, 0.25) is 0 Å². The van der Waals surface area contributed by atoms with Crippen molar-refractivity contribution in [1.82, 2.24) is 10.2 Å². The molecule has 0 aliphatic carbocycles. The normalized spacial score (nSPS) is 20.2. The Morgan fingerprint density at radius 2 is 2.21 bits per heavy atom. The van der Waals surface area contributed by atoms with Gasteiger partial charge in [-0.3, -0.25) is 4.79 Å². The van der Waals surface area contributed by atoms with Crippen LogP contribution in [0.4, 0.5) is 5.69 Å². The van der Waals surface area contributed by atoms with Gasteiger partial charge in [-0.05, 0) is 44.8 Å². The largest absolute Gasteiger partial charge is 0.309 e. The summed E-state index contributed by atoms with van der Waals surface area (Å²) in [6, 6.07) is 5.92. The molecule has 1 unspecified atom stereocenters. The number of amides is 1. The van der Waals surface area contributed by atoms with Crippen molar-refractivity contribution in [2.45, 2.75) is 13.0 Å². The van der Waals surface area contributed by atoms with Crippen LogP contribution in [0.5, 0.6) is 0 Å². The van der Waals surface area contributed by atoms with Crippen molar-refractivity contribution < 1.29 is 4.79 Å². The number of anilines is 1. The minimum Gasteiger partial charge on any atom is -0.309 e. The molecule has 1 amide bonds. The highest BCUT2D eigenvalue weighted by Gasteiger charge is 2.30. The monoisotopic (exact) mass is 325 g/mol. The first-order valence-corrected chi connectivity index (χ1v) is 7.24. The van der Waals surface area contributed by atoms with Gasteiger partial charge in [0.05, 0.1) is 0 Å². The van der Waals surface area contributed by atoms with Gasteiger partial charge in [-0.15, -0.1) is 0 Å². The fraction of sp³-hybridized carbons (Fsp3) is 0.500. The van der Waals surface area contributed by atoms with Crippen LogP contribution in [-0.2, 0) is 4.79 Å². The number of nitrogens with zero attached hydrogens (tertiary/aromatic N) is 2. The lowest BCUT2D eigenvalue weighted by atomic mass is 10.1. The quantitative estimate of drug-likeness (QED) is 0.917. The van der Waals surface area contributed by atoms with E-state index >= 15 is 0 Å². The van der Waals surface area contributed by atoms with E-state index in [9.17, 15) is 4.79 Å². The van der Waals surface area contributed by atoms with Crippen LogP contribution in [0.25, 0.3) is 0 Å². The van der Waals surface area contributed by atoms with Crippen molar-refractivity contribution in [2.24, 2.45) is 0 Å². The predicted octanol–water partition coefficient (Wildman–Crippen LogP) is 1.62. The van der Waals surface area contributed by atoms with Crippen molar-refractivity contribution in [3.8, 4) is 0 Å². The molecule has 1 saturated heterocycles. The Labute approximate surface area is 122 Å². The maximum absolute atomic E-state index is 12.5. The summed E-state index contributed by atoms with van der Waals surface area (Å²) in [6.45, 7) is 4.33. The third kappa shape index (κ3) is 3.35. The van der Waals surface area contributed by atoms with Gasteiger partial charge in [0, 0.05) is 29.8 Å². The fourth-order valence-corrected chi connectivity index (χ4v) is 2.88. The van der Waals surface area contributed by atoms with E-state index in [1.54, 1.807) is 0 Å². The molecule has 1 aromatic rings. The molecule has 1 N–H and O–H groups in total. The first-order chi connectivity index (χ1) is 8.99. The molecule has 0 spiro atoms. The van der Waals surface area contributed by atoms with Gasteiger partial charge in [0.2, 0.25) is 5.91 Å². The summed E-state index contributed by atoms with van der Waals surface area (Å²) in [5.74, 6) is 0.158. The van der Waals surface area contributed by atoms with Gasteiger partial charge in [-0.1, -0.05) is 15.9 Å². The number of halogens is 1. The van der Waals surface area contributed by atoms with E-state index in [1.165, 1.54) is 0 Å². The molecule has 1 aromatic carbocycles. The zero-order chi connectivity index (χ0) is 14.0. The lowest BCUT2D eigenvalue weighted by molar-refractivity contribution is -0.121. The maximum Gasteiger partial charge on any atom is 0.245 e. The van der Waals surface area contributed by atoms with Crippen LogP contribution in [0, 0.1) is 6.92 Å². The zero-order valence-corrected chi connectivity index (χ0v) is 13.2. The Morgan fingerprint density at radius 3 is 2.84 bits per heavy atom. The lowest BCUT2D eigenvalue weighted by Crippen LogP contribution is -2.58. The number of nitrogens with one attached hydrogen (secondary N) is 1. The smallest absolute Gasteiger partial charge is 0.245 e. The van der Waals surface area contributed by atoms with E-state index in [-0.39, 0.29) is 11.9 Å². The van der Waals surface area contributed by atoms with Crippen LogP contribution in [0.3, 0.4) is 0 Å². The van der Waals surface area contributed by atoms with Crippen molar-refractivity contribution in [3.63, 3.8) is 0 Å². The van der Waals surface area contributed by atoms with Crippen molar-refractivity contribution in [3.05, 3.63) is 28.2 Å². The molecule has 19 heavy (non-hydrogen) atoms. The summed E-state index contributed by atoms with van der Waals surface area (Å²) in [5, 5.41) is 3.29. The number of rotatable bonds is 3. The van der Waals surface area contributed by atoms with E-state index in [4.69, 9.17) is 0 Å². The predicted molar refractivity (Wildman–Crippen MR) is 81.6 cm³/mol. The molecule has 0 aromatic heterocycles. The van der Waals surface area contributed by atoms with Crippen LogP contribution in [0.1, 0.15) is 5.56 Å². The SMILES string of the molecule is Cc1cc(Br)ccc1N1CCNC(CN(C)C)C1=O. The van der Waals surface area contributed by atoms with Gasteiger partial charge in [-0.25, -0.2) is 0 Å². The van der Waals surface area contributed by atoms with Gasteiger partial charge >= 0.3 is 0 Å². The van der Waals surface area contributed by atoms with E-state index in [0.29, 0.717) is 0 Å². The summed E-state index contributed by atoms with van der Waals surface area (Å²) in [4.78, 5) is 16.5. The topological polar surface area (TPSA) is 35.6 Å². The maximum atomic E-state index is 12.5. The summed E-state index contributed by atoms with van der Waals surface area (Å²) < 4.78 is 1.04. The van der Waals surface area contributed by atoms with Crippen LogP contribution in [0.15, 0.2) is 22.7 Å². The molecule has 0 bridgehead atoms. The molecule has 2 rings (SSSR count). The molecule has 1 aliphatic heterocycles. The van der Waals surface area contributed by atoms with E-state index in [2.05, 4.69) is 21.2 Å². The van der Waals surface area contributed by atoms with Crippen LogP contribution in [-0.4, -0.2) is 50.6 Å². The Kier molecular flexibility index (Phi) is 4.60. The van der Waals surface area contributed by atoms with Crippen molar-refractivity contribution in [1.29, 1.82) is 0 Å². The molecule has 1 aliphatic rings. The van der Waals surface area contributed by atoms with Crippen molar-refractivity contribution >= 4 is 27.5 Å². The minimum atomic E-state index is -0.119. The number of hydrogen-bond acceptors (Lipinski definition) is 3. The number of carbonyl (C=O) groups excluding carboxylic acids is 1. The minimum absolute atomic E-state index is 0.119. The van der Waals surface area contributed by atoms with Crippen molar-refractivity contribution in [2.75, 3.05) is 38.6 Å². The molecule has 104 valence electrons. The number of aryl methyl sites for hydroxylation is 1. The standard InChI is InChI=1S/C14H20BrN3O/c1-10-8-11(15)4-5-13(10)18-7-6-16-12(14(18)19)9-17(2)3/h4-5,8,12,16H,6-7,9H2,1-3H3. The molecule has 0 saturated carbocycles. The number of hydrogen-bond donors (Lipinski definition) is 1. The molecule has 4 nitrogen and oxygen atoms in total. The summed E-state index contributed by atoms with van der Waals surface area (Å²) in [5.41, 5.74) is 2.13.